The van der Waals surface area contributed by atoms with Crippen molar-refractivity contribution in [3.05, 3.63) is 0 Å². The molecule has 0 aromatic carbocycles. The first kappa shape index (κ1) is 13.9. The Morgan fingerprint density at radius 1 is 1.14 bits per heavy atom. The molecule has 0 bridgehead atoms. The Hall–Kier alpha value is -0.0800. The molecule has 0 spiro atoms. The van der Waals surface area contributed by atoms with Crippen molar-refractivity contribution in [2.75, 3.05) is 19.6 Å². The van der Waals surface area contributed by atoms with Crippen molar-refractivity contribution in [2.24, 2.45) is 11.7 Å². The van der Waals surface area contributed by atoms with Crippen LogP contribution in [0.2, 0.25) is 0 Å². The highest BCUT2D eigenvalue weighted by atomic mass is 15.1. The van der Waals surface area contributed by atoms with Gasteiger partial charge in [0, 0.05) is 6.04 Å². The molecule has 0 aromatic rings. The van der Waals surface area contributed by atoms with Crippen LogP contribution in [-0.2, 0) is 0 Å². The van der Waals surface area contributed by atoms with Crippen molar-refractivity contribution in [1.29, 1.82) is 0 Å². The number of hydrogen-bond donors (Lipinski definition) is 1. The van der Waals surface area contributed by atoms with Crippen molar-refractivity contribution in [2.45, 2.75) is 53.0 Å². The van der Waals surface area contributed by atoms with Crippen LogP contribution in [0.5, 0.6) is 0 Å². The number of nitrogens with zero attached hydrogens (tertiary/aromatic N) is 1. The predicted molar refractivity (Wildman–Crippen MR) is 64.5 cm³/mol. The molecule has 0 aromatic heterocycles. The minimum Gasteiger partial charge on any atom is -0.328 e. The molecule has 0 saturated heterocycles. The summed E-state index contributed by atoms with van der Waals surface area (Å²) in [5.74, 6) is 0.779. The zero-order valence-corrected chi connectivity index (χ0v) is 10.4. The zero-order chi connectivity index (χ0) is 11.0. The Bertz CT molecular complexity index is 121. The Kier molecular flexibility index (Phi) is 8.20. The van der Waals surface area contributed by atoms with Gasteiger partial charge in [0.1, 0.15) is 0 Å². The SMILES string of the molecule is CCC(C)CC(N)CCN(CC)CC. The molecule has 2 atom stereocenters. The highest BCUT2D eigenvalue weighted by molar-refractivity contribution is 4.67. The van der Waals surface area contributed by atoms with Crippen molar-refractivity contribution >= 4 is 0 Å². The average Bonchev–Trinajstić information content (AvgIpc) is 2.19. The van der Waals surface area contributed by atoms with Gasteiger partial charge in [-0.15, -0.1) is 0 Å². The lowest BCUT2D eigenvalue weighted by molar-refractivity contribution is 0.281. The maximum absolute atomic E-state index is 6.08. The molecule has 0 saturated carbocycles. The van der Waals surface area contributed by atoms with Gasteiger partial charge in [0.2, 0.25) is 0 Å². The van der Waals surface area contributed by atoms with Crippen molar-refractivity contribution < 1.29 is 0 Å². The van der Waals surface area contributed by atoms with E-state index in [1.165, 1.54) is 12.8 Å². The first-order valence-corrected chi connectivity index (χ1v) is 6.11. The van der Waals surface area contributed by atoms with Gasteiger partial charge in [0.05, 0.1) is 0 Å². The Balaban J connectivity index is 3.56. The molecule has 2 heteroatoms. The van der Waals surface area contributed by atoms with Crippen LogP contribution < -0.4 is 5.73 Å². The molecule has 0 rings (SSSR count). The lowest BCUT2D eigenvalue weighted by atomic mass is 9.98. The van der Waals surface area contributed by atoms with Crippen molar-refractivity contribution in [3.8, 4) is 0 Å². The van der Waals surface area contributed by atoms with E-state index < -0.39 is 0 Å². The molecule has 0 aliphatic carbocycles. The van der Waals surface area contributed by atoms with E-state index in [9.17, 15) is 0 Å². The third-order valence-corrected chi connectivity index (χ3v) is 3.11. The second kappa shape index (κ2) is 8.25. The number of rotatable bonds is 8. The lowest BCUT2D eigenvalue weighted by Crippen LogP contribution is -2.31. The van der Waals surface area contributed by atoms with E-state index in [4.69, 9.17) is 5.73 Å². The standard InChI is InChI=1S/C12H28N2/c1-5-11(4)10-12(13)8-9-14(6-2)7-3/h11-12H,5-10,13H2,1-4H3. The molecule has 0 heterocycles. The molecule has 2 nitrogen and oxygen atoms in total. The summed E-state index contributed by atoms with van der Waals surface area (Å²) in [4.78, 5) is 2.44. The fourth-order valence-electron chi connectivity index (χ4n) is 1.69. The van der Waals surface area contributed by atoms with Crippen LogP contribution in [-0.4, -0.2) is 30.6 Å². The van der Waals surface area contributed by atoms with Crippen LogP contribution in [0.15, 0.2) is 0 Å². The van der Waals surface area contributed by atoms with Gasteiger partial charge in [-0.2, -0.15) is 0 Å². The second-order valence-electron chi connectivity index (χ2n) is 4.32. The normalized spacial score (nSPS) is 15.9. The molecule has 0 fully saturated rings. The predicted octanol–water partition coefficient (Wildman–Crippen LogP) is 2.48. The van der Waals surface area contributed by atoms with Crippen LogP contribution in [0.4, 0.5) is 0 Å². The van der Waals surface area contributed by atoms with Crippen molar-refractivity contribution in [3.63, 3.8) is 0 Å². The van der Waals surface area contributed by atoms with Crippen molar-refractivity contribution in [1.82, 2.24) is 4.90 Å². The molecule has 86 valence electrons. The summed E-state index contributed by atoms with van der Waals surface area (Å²) in [7, 11) is 0. The van der Waals surface area contributed by atoms with Gasteiger partial charge in [0.15, 0.2) is 0 Å². The van der Waals surface area contributed by atoms with E-state index in [1.54, 1.807) is 0 Å². The minimum absolute atomic E-state index is 0.394. The summed E-state index contributed by atoms with van der Waals surface area (Å²) in [5.41, 5.74) is 6.08. The van der Waals surface area contributed by atoms with Gasteiger partial charge < -0.3 is 10.6 Å². The third kappa shape index (κ3) is 6.39. The minimum atomic E-state index is 0.394. The Morgan fingerprint density at radius 3 is 2.14 bits per heavy atom. The summed E-state index contributed by atoms with van der Waals surface area (Å²) < 4.78 is 0. The van der Waals surface area contributed by atoms with Gasteiger partial charge in [-0.05, 0) is 38.4 Å². The lowest BCUT2D eigenvalue weighted by Gasteiger charge is -2.21. The number of nitrogens with two attached hydrogens (primary N) is 1. The molecule has 0 radical (unpaired) electrons. The van der Waals surface area contributed by atoms with Crippen LogP contribution in [0, 0.1) is 5.92 Å². The molecule has 0 amide bonds. The molecule has 2 unspecified atom stereocenters. The van der Waals surface area contributed by atoms with Crippen LogP contribution in [0.25, 0.3) is 0 Å². The van der Waals surface area contributed by atoms with E-state index in [2.05, 4.69) is 32.6 Å². The van der Waals surface area contributed by atoms with E-state index >= 15 is 0 Å². The Morgan fingerprint density at radius 2 is 1.71 bits per heavy atom. The molecular weight excluding hydrogens is 172 g/mol. The van der Waals surface area contributed by atoms with Gasteiger partial charge in [-0.3, -0.25) is 0 Å². The van der Waals surface area contributed by atoms with Gasteiger partial charge in [0.25, 0.3) is 0 Å². The molecular formula is C12H28N2. The summed E-state index contributed by atoms with van der Waals surface area (Å²) in [6, 6.07) is 0.394. The maximum Gasteiger partial charge on any atom is 0.00535 e. The van der Waals surface area contributed by atoms with Gasteiger partial charge in [-0.1, -0.05) is 34.1 Å². The van der Waals surface area contributed by atoms with Gasteiger partial charge in [-0.25, -0.2) is 0 Å². The van der Waals surface area contributed by atoms with E-state index in [0.717, 1.165) is 32.0 Å². The second-order valence-corrected chi connectivity index (χ2v) is 4.32. The van der Waals surface area contributed by atoms with Gasteiger partial charge >= 0.3 is 0 Å². The summed E-state index contributed by atoms with van der Waals surface area (Å²) in [5, 5.41) is 0. The Labute approximate surface area is 89.9 Å². The van der Waals surface area contributed by atoms with E-state index in [-0.39, 0.29) is 0 Å². The molecule has 14 heavy (non-hydrogen) atoms. The third-order valence-electron chi connectivity index (χ3n) is 3.11. The highest BCUT2D eigenvalue weighted by Gasteiger charge is 2.08. The largest absolute Gasteiger partial charge is 0.328 e. The summed E-state index contributed by atoms with van der Waals surface area (Å²) >= 11 is 0. The fourth-order valence-corrected chi connectivity index (χ4v) is 1.69. The summed E-state index contributed by atoms with van der Waals surface area (Å²) in [6.07, 6.45) is 3.57. The zero-order valence-electron chi connectivity index (χ0n) is 10.4. The first-order chi connectivity index (χ1) is 6.63. The molecule has 2 N–H and O–H groups in total. The molecule has 0 aliphatic rings. The quantitative estimate of drug-likeness (QED) is 0.652. The van der Waals surface area contributed by atoms with E-state index in [0.29, 0.717) is 6.04 Å². The van der Waals surface area contributed by atoms with Crippen LogP contribution in [0.3, 0.4) is 0 Å². The number of hydrogen-bond acceptors (Lipinski definition) is 2. The summed E-state index contributed by atoms with van der Waals surface area (Å²) in [6.45, 7) is 12.4. The topological polar surface area (TPSA) is 29.3 Å². The smallest absolute Gasteiger partial charge is 0.00535 e. The maximum atomic E-state index is 6.08. The monoisotopic (exact) mass is 200 g/mol. The fraction of sp³-hybridized carbons (Fsp3) is 1.00. The van der Waals surface area contributed by atoms with Crippen LogP contribution >= 0.6 is 0 Å². The van der Waals surface area contributed by atoms with E-state index in [1.807, 2.05) is 0 Å². The first-order valence-electron chi connectivity index (χ1n) is 6.11. The molecule has 0 aliphatic heterocycles. The highest BCUT2D eigenvalue weighted by Crippen LogP contribution is 2.10. The van der Waals surface area contributed by atoms with Crippen LogP contribution in [0.1, 0.15) is 47.0 Å². The average molecular weight is 200 g/mol.